The summed E-state index contributed by atoms with van der Waals surface area (Å²) in [6.45, 7) is 4.27. The van der Waals surface area contributed by atoms with Gasteiger partial charge >= 0.3 is 6.01 Å². The fourth-order valence-electron chi connectivity index (χ4n) is 2.57. The van der Waals surface area contributed by atoms with Gasteiger partial charge in [0, 0.05) is 18.7 Å². The third kappa shape index (κ3) is 4.97. The number of nitrogens with one attached hydrogen (secondary N) is 1. The maximum Gasteiger partial charge on any atom is 0.336 e. The quantitative estimate of drug-likeness (QED) is 0.586. The molecule has 3 aromatic rings. The van der Waals surface area contributed by atoms with Crippen molar-refractivity contribution in [2.45, 2.75) is 13.8 Å². The number of anilines is 1. The Kier molecular flexibility index (Phi) is 6.56. The number of amides is 1. The number of aromatic nitrogens is 3. The van der Waals surface area contributed by atoms with Crippen LogP contribution in [0, 0.1) is 11.7 Å². The molecule has 0 aliphatic carbocycles. The Bertz CT molecular complexity index is 988. The van der Waals surface area contributed by atoms with Crippen LogP contribution in [0.25, 0.3) is 17.1 Å². The van der Waals surface area contributed by atoms with Crippen molar-refractivity contribution in [3.05, 3.63) is 54.3 Å². The Morgan fingerprint density at radius 1 is 1.17 bits per heavy atom. The Morgan fingerprint density at radius 2 is 1.97 bits per heavy atom. The van der Waals surface area contributed by atoms with Crippen molar-refractivity contribution < 1.29 is 18.7 Å². The highest BCUT2D eigenvalue weighted by Crippen LogP contribution is 2.27. The van der Waals surface area contributed by atoms with Gasteiger partial charge in [-0.3, -0.25) is 4.79 Å². The van der Waals surface area contributed by atoms with E-state index in [-0.39, 0.29) is 24.4 Å². The van der Waals surface area contributed by atoms with E-state index < -0.39 is 5.82 Å². The van der Waals surface area contributed by atoms with E-state index in [2.05, 4.69) is 15.4 Å². The number of carbonyl (C=O) groups excluding carboxylic acids is 1. The van der Waals surface area contributed by atoms with Crippen LogP contribution in [0.1, 0.15) is 13.8 Å². The molecular weight excluding hydrogens is 375 g/mol. The number of benzene rings is 2. The lowest BCUT2D eigenvalue weighted by Gasteiger charge is -2.10. The molecule has 0 unspecified atom stereocenters. The summed E-state index contributed by atoms with van der Waals surface area (Å²) >= 11 is 0. The average molecular weight is 398 g/mol. The third-order valence-corrected chi connectivity index (χ3v) is 4.10. The number of hydrogen-bond donors (Lipinski definition) is 1. The molecule has 0 aliphatic heterocycles. The smallest absolute Gasteiger partial charge is 0.336 e. The third-order valence-electron chi connectivity index (χ3n) is 4.10. The number of nitrogens with zero attached hydrogens (tertiary/aromatic N) is 3. The number of halogens is 1. The second-order valence-corrected chi connectivity index (χ2v) is 6.65. The number of rotatable bonds is 8. The molecule has 0 spiro atoms. The molecule has 0 bridgehead atoms. The second-order valence-electron chi connectivity index (χ2n) is 6.65. The summed E-state index contributed by atoms with van der Waals surface area (Å²) < 4.78 is 26.4. The van der Waals surface area contributed by atoms with Crippen molar-refractivity contribution in [3.8, 4) is 23.1 Å². The molecule has 1 N–H and O–H groups in total. The monoisotopic (exact) mass is 398 g/mol. The van der Waals surface area contributed by atoms with Gasteiger partial charge in [-0.2, -0.15) is 4.98 Å². The van der Waals surface area contributed by atoms with Crippen molar-refractivity contribution in [2.75, 3.05) is 25.6 Å². The van der Waals surface area contributed by atoms with Crippen LogP contribution in [0.3, 0.4) is 0 Å². The lowest BCUT2D eigenvalue weighted by atomic mass is 10.2. The van der Waals surface area contributed by atoms with Crippen molar-refractivity contribution in [2.24, 2.45) is 5.92 Å². The van der Waals surface area contributed by atoms with Crippen LogP contribution in [-0.4, -0.2) is 41.0 Å². The molecule has 0 fully saturated rings. The first-order valence-corrected chi connectivity index (χ1v) is 9.24. The minimum absolute atomic E-state index is 0.0985. The van der Waals surface area contributed by atoms with Crippen LogP contribution in [0.15, 0.2) is 48.5 Å². The van der Waals surface area contributed by atoms with Crippen molar-refractivity contribution in [3.63, 3.8) is 0 Å². The summed E-state index contributed by atoms with van der Waals surface area (Å²) in [5, 5.41) is 7.22. The highest BCUT2D eigenvalue weighted by Gasteiger charge is 2.18. The minimum Gasteiger partial charge on any atom is -0.460 e. The summed E-state index contributed by atoms with van der Waals surface area (Å²) in [5.41, 5.74) is 1.51. The molecule has 0 saturated heterocycles. The number of hydrogen-bond acceptors (Lipinski definition) is 5. The van der Waals surface area contributed by atoms with E-state index in [9.17, 15) is 9.18 Å². The normalized spacial score (nSPS) is 10.9. The zero-order valence-corrected chi connectivity index (χ0v) is 16.6. The first-order chi connectivity index (χ1) is 14.0. The summed E-state index contributed by atoms with van der Waals surface area (Å²) in [4.78, 5) is 16.4. The number of ether oxygens (including phenoxy) is 2. The van der Waals surface area contributed by atoms with Crippen LogP contribution in [0.2, 0.25) is 0 Å². The van der Waals surface area contributed by atoms with Crippen molar-refractivity contribution >= 4 is 11.6 Å². The largest absolute Gasteiger partial charge is 0.460 e. The van der Waals surface area contributed by atoms with Gasteiger partial charge in [0.25, 0.3) is 0 Å². The topological polar surface area (TPSA) is 78.3 Å². The first-order valence-electron chi connectivity index (χ1n) is 9.24. The first kappa shape index (κ1) is 20.5. The van der Waals surface area contributed by atoms with Crippen LogP contribution in [-0.2, 0) is 9.53 Å². The molecule has 0 atom stereocenters. The van der Waals surface area contributed by atoms with Gasteiger partial charge in [-0.1, -0.05) is 32.0 Å². The molecule has 1 amide bonds. The zero-order chi connectivity index (χ0) is 20.8. The van der Waals surface area contributed by atoms with Crippen molar-refractivity contribution in [1.82, 2.24) is 14.8 Å². The molecule has 1 heterocycles. The summed E-state index contributed by atoms with van der Waals surface area (Å²) in [6, 6.07) is 13.5. The maximum atomic E-state index is 14.4. The zero-order valence-electron chi connectivity index (χ0n) is 16.6. The van der Waals surface area contributed by atoms with Crippen LogP contribution in [0.4, 0.5) is 10.1 Å². The molecule has 0 radical (unpaired) electrons. The lowest BCUT2D eigenvalue weighted by Crippen LogP contribution is -2.17. The highest BCUT2D eigenvalue weighted by atomic mass is 19.1. The van der Waals surface area contributed by atoms with Gasteiger partial charge in [-0.25, -0.2) is 9.07 Å². The Labute approximate surface area is 168 Å². The van der Waals surface area contributed by atoms with Gasteiger partial charge in [0.1, 0.15) is 12.4 Å². The standard InChI is InChI=1S/C21H23FN4O3/c1-14(2)20(27)23-15-7-6-8-16(13-15)26-19(17-9-4-5-10-18(17)22)24-21(25-26)29-12-11-28-3/h4-10,13-14H,11-12H2,1-3H3,(H,23,27). The molecule has 29 heavy (non-hydrogen) atoms. The molecule has 0 aliphatic rings. The summed E-state index contributed by atoms with van der Waals surface area (Å²) in [6.07, 6.45) is 0. The molecule has 3 rings (SSSR count). The molecule has 7 nitrogen and oxygen atoms in total. The van der Waals surface area contributed by atoms with Gasteiger partial charge in [0.2, 0.25) is 5.91 Å². The van der Waals surface area contributed by atoms with Gasteiger partial charge in [0.15, 0.2) is 5.82 Å². The van der Waals surface area contributed by atoms with E-state index in [1.807, 2.05) is 13.8 Å². The molecular formula is C21H23FN4O3. The predicted molar refractivity (Wildman–Crippen MR) is 108 cm³/mol. The molecule has 0 saturated carbocycles. The van der Waals surface area contributed by atoms with Gasteiger partial charge in [-0.15, -0.1) is 5.10 Å². The van der Waals surface area contributed by atoms with E-state index in [4.69, 9.17) is 9.47 Å². The average Bonchev–Trinajstić information content (AvgIpc) is 3.12. The van der Waals surface area contributed by atoms with E-state index in [0.717, 1.165) is 0 Å². The number of carbonyl (C=O) groups is 1. The molecule has 8 heteroatoms. The fourth-order valence-corrected chi connectivity index (χ4v) is 2.57. The Morgan fingerprint density at radius 3 is 2.69 bits per heavy atom. The van der Waals surface area contributed by atoms with Gasteiger partial charge in [0.05, 0.1) is 17.9 Å². The second kappa shape index (κ2) is 9.29. The summed E-state index contributed by atoms with van der Waals surface area (Å²) in [5.74, 6) is -0.379. The fraction of sp³-hybridized carbons (Fsp3) is 0.286. The van der Waals surface area contributed by atoms with Crippen LogP contribution < -0.4 is 10.1 Å². The highest BCUT2D eigenvalue weighted by molar-refractivity contribution is 5.92. The lowest BCUT2D eigenvalue weighted by molar-refractivity contribution is -0.118. The maximum absolute atomic E-state index is 14.4. The van der Waals surface area contributed by atoms with E-state index in [0.29, 0.717) is 29.4 Å². The summed E-state index contributed by atoms with van der Waals surface area (Å²) in [7, 11) is 1.57. The molecule has 1 aromatic heterocycles. The predicted octanol–water partition coefficient (Wildman–Crippen LogP) is 3.69. The van der Waals surface area contributed by atoms with Gasteiger partial charge < -0.3 is 14.8 Å². The van der Waals surface area contributed by atoms with E-state index in [1.54, 1.807) is 49.6 Å². The van der Waals surface area contributed by atoms with E-state index >= 15 is 0 Å². The van der Waals surface area contributed by atoms with Crippen molar-refractivity contribution in [1.29, 1.82) is 0 Å². The van der Waals surface area contributed by atoms with Crippen LogP contribution in [0.5, 0.6) is 6.01 Å². The molecule has 2 aromatic carbocycles. The van der Waals surface area contributed by atoms with Gasteiger partial charge in [-0.05, 0) is 30.3 Å². The Hall–Kier alpha value is -3.26. The van der Waals surface area contributed by atoms with E-state index in [1.165, 1.54) is 10.7 Å². The SMILES string of the molecule is COCCOc1nc(-c2ccccc2F)n(-c2cccc(NC(=O)C(C)C)c2)n1. The molecule has 152 valence electrons. The minimum atomic E-state index is -0.422. The van der Waals surface area contributed by atoms with Crippen LogP contribution >= 0.6 is 0 Å². The Balaban J connectivity index is 2.01. The number of methoxy groups -OCH3 is 1.